The van der Waals surface area contributed by atoms with Gasteiger partial charge in [0.25, 0.3) is 0 Å². The molecule has 0 atom stereocenters. The van der Waals surface area contributed by atoms with E-state index in [0.717, 1.165) is 18.4 Å². The van der Waals surface area contributed by atoms with E-state index in [1.165, 1.54) is 0 Å². The third kappa shape index (κ3) is 5.33. The summed E-state index contributed by atoms with van der Waals surface area (Å²) in [6.45, 7) is 9.88. The predicted octanol–water partition coefficient (Wildman–Crippen LogP) is 2.72. The lowest BCUT2D eigenvalue weighted by Gasteiger charge is -2.21. The first-order valence-electron chi connectivity index (χ1n) is 6.81. The van der Waals surface area contributed by atoms with E-state index in [0.29, 0.717) is 16.8 Å². The summed E-state index contributed by atoms with van der Waals surface area (Å²) in [4.78, 5) is 20.4. The third-order valence-corrected chi connectivity index (χ3v) is 2.91. The second-order valence-electron chi connectivity index (χ2n) is 5.81. The highest BCUT2D eigenvalue weighted by atomic mass is 35.5. The minimum Gasteiger partial charge on any atom is -0.361 e. The number of hydrogen-bond donors (Lipinski definition) is 2. The van der Waals surface area contributed by atoms with Crippen molar-refractivity contribution in [1.82, 2.24) is 15.3 Å². The Kier molecular flexibility index (Phi) is 5.74. The summed E-state index contributed by atoms with van der Waals surface area (Å²) in [6, 6.07) is 0. The monoisotopic (exact) mass is 298 g/mol. The average Bonchev–Trinajstić information content (AvgIpc) is 2.30. The Hall–Kier alpha value is -1.36. The topological polar surface area (TPSA) is 66.9 Å². The van der Waals surface area contributed by atoms with Crippen molar-refractivity contribution in [3.63, 3.8) is 0 Å². The average molecular weight is 299 g/mol. The Morgan fingerprint density at radius 3 is 2.50 bits per heavy atom. The second-order valence-corrected chi connectivity index (χ2v) is 6.16. The Morgan fingerprint density at radius 1 is 1.30 bits per heavy atom. The fourth-order valence-electron chi connectivity index (χ4n) is 1.67. The Labute approximate surface area is 125 Å². The van der Waals surface area contributed by atoms with Crippen molar-refractivity contribution in [2.45, 2.75) is 53.0 Å². The summed E-state index contributed by atoms with van der Waals surface area (Å²) in [7, 11) is 0. The molecular formula is C14H23ClN4O. The molecule has 0 saturated carbocycles. The fraction of sp³-hybridized carbons (Fsp3) is 0.643. The van der Waals surface area contributed by atoms with Gasteiger partial charge in [-0.3, -0.25) is 4.79 Å². The molecule has 0 aliphatic heterocycles. The van der Waals surface area contributed by atoms with Gasteiger partial charge in [-0.25, -0.2) is 9.97 Å². The molecule has 20 heavy (non-hydrogen) atoms. The van der Waals surface area contributed by atoms with Gasteiger partial charge in [-0.1, -0.05) is 18.5 Å². The van der Waals surface area contributed by atoms with Crippen LogP contribution in [0.3, 0.4) is 0 Å². The Morgan fingerprint density at radius 2 is 1.95 bits per heavy atom. The number of nitrogens with one attached hydrogen (secondary N) is 2. The summed E-state index contributed by atoms with van der Waals surface area (Å²) in [6.07, 6.45) is 1.71. The summed E-state index contributed by atoms with van der Waals surface area (Å²) in [5.74, 6) is 1.24. The van der Waals surface area contributed by atoms with Crippen LogP contribution in [0.5, 0.6) is 0 Å². The maximum absolute atomic E-state index is 11.8. The zero-order chi connectivity index (χ0) is 15.3. The van der Waals surface area contributed by atoms with Crippen LogP contribution in [-0.2, 0) is 11.2 Å². The maximum Gasteiger partial charge on any atom is 0.239 e. The molecule has 0 saturated heterocycles. The quantitative estimate of drug-likeness (QED) is 0.820. The number of hydrogen-bond acceptors (Lipinski definition) is 4. The smallest absolute Gasteiger partial charge is 0.239 e. The molecule has 0 fully saturated rings. The molecule has 1 heterocycles. The molecule has 0 unspecified atom stereocenters. The lowest BCUT2D eigenvalue weighted by atomic mass is 10.1. The van der Waals surface area contributed by atoms with E-state index >= 15 is 0 Å². The zero-order valence-corrected chi connectivity index (χ0v) is 13.6. The molecule has 112 valence electrons. The molecule has 1 aromatic rings. The number of rotatable bonds is 5. The van der Waals surface area contributed by atoms with Crippen molar-refractivity contribution >= 4 is 23.3 Å². The number of anilines is 1. The van der Waals surface area contributed by atoms with Crippen LogP contribution in [0.1, 0.15) is 45.5 Å². The molecule has 0 aromatic carbocycles. The van der Waals surface area contributed by atoms with Crippen LogP contribution in [0.2, 0.25) is 5.15 Å². The molecule has 0 bridgehead atoms. The fourth-order valence-corrected chi connectivity index (χ4v) is 1.85. The van der Waals surface area contributed by atoms with Gasteiger partial charge in [0.2, 0.25) is 5.91 Å². The van der Waals surface area contributed by atoms with E-state index in [9.17, 15) is 4.79 Å². The highest BCUT2D eigenvalue weighted by Crippen LogP contribution is 2.20. The van der Waals surface area contributed by atoms with Crippen LogP contribution in [0, 0.1) is 6.92 Å². The summed E-state index contributed by atoms with van der Waals surface area (Å²) in [5.41, 5.74) is 0.514. The molecule has 1 amide bonds. The predicted molar refractivity (Wildman–Crippen MR) is 82.2 cm³/mol. The normalized spacial score (nSPS) is 11.3. The number of nitrogens with zero attached hydrogens (tertiary/aromatic N) is 2. The first kappa shape index (κ1) is 16.7. The summed E-state index contributed by atoms with van der Waals surface area (Å²) < 4.78 is 0. The van der Waals surface area contributed by atoms with Gasteiger partial charge < -0.3 is 10.6 Å². The van der Waals surface area contributed by atoms with Gasteiger partial charge in [0.1, 0.15) is 16.8 Å². The van der Waals surface area contributed by atoms with Gasteiger partial charge in [0, 0.05) is 17.5 Å². The molecule has 0 aliphatic rings. The van der Waals surface area contributed by atoms with E-state index < -0.39 is 0 Å². The standard InChI is InChI=1S/C14H23ClN4O/c1-6-7-10-17-12(15)9(2)13(18-10)16-8-11(20)19-14(3,4)5/h6-8H2,1-5H3,(H,19,20)(H,16,17,18). The molecular weight excluding hydrogens is 276 g/mol. The van der Waals surface area contributed by atoms with Crippen molar-refractivity contribution in [3.8, 4) is 0 Å². The summed E-state index contributed by atoms with van der Waals surface area (Å²) in [5, 5.41) is 6.35. The number of aromatic nitrogens is 2. The van der Waals surface area contributed by atoms with Crippen LogP contribution >= 0.6 is 11.6 Å². The van der Waals surface area contributed by atoms with Crippen LogP contribution in [-0.4, -0.2) is 28.0 Å². The maximum atomic E-state index is 11.8. The molecule has 1 aromatic heterocycles. The van der Waals surface area contributed by atoms with Gasteiger partial charge >= 0.3 is 0 Å². The highest BCUT2D eigenvalue weighted by molar-refractivity contribution is 6.30. The first-order chi connectivity index (χ1) is 9.23. The lowest BCUT2D eigenvalue weighted by Crippen LogP contribution is -2.43. The van der Waals surface area contributed by atoms with Crippen molar-refractivity contribution in [2.24, 2.45) is 0 Å². The first-order valence-corrected chi connectivity index (χ1v) is 7.18. The second kappa shape index (κ2) is 6.88. The molecule has 1 rings (SSSR count). The number of carbonyl (C=O) groups excluding carboxylic acids is 1. The van der Waals surface area contributed by atoms with Crippen molar-refractivity contribution in [1.29, 1.82) is 0 Å². The van der Waals surface area contributed by atoms with E-state index in [4.69, 9.17) is 11.6 Å². The number of halogens is 1. The van der Waals surface area contributed by atoms with Gasteiger partial charge in [-0.2, -0.15) is 0 Å². The Balaban J connectivity index is 2.74. The van der Waals surface area contributed by atoms with Crippen molar-refractivity contribution in [3.05, 3.63) is 16.5 Å². The molecule has 0 aliphatic carbocycles. The van der Waals surface area contributed by atoms with Crippen LogP contribution in [0.15, 0.2) is 0 Å². The number of amides is 1. The zero-order valence-electron chi connectivity index (χ0n) is 12.8. The molecule has 2 N–H and O–H groups in total. The van der Waals surface area contributed by atoms with Crippen LogP contribution in [0.4, 0.5) is 5.82 Å². The van der Waals surface area contributed by atoms with E-state index in [-0.39, 0.29) is 18.0 Å². The minimum atomic E-state index is -0.246. The van der Waals surface area contributed by atoms with E-state index in [2.05, 4.69) is 27.5 Å². The van der Waals surface area contributed by atoms with Crippen molar-refractivity contribution < 1.29 is 4.79 Å². The number of aryl methyl sites for hydroxylation is 1. The largest absolute Gasteiger partial charge is 0.361 e. The minimum absolute atomic E-state index is 0.0799. The molecule has 6 heteroatoms. The van der Waals surface area contributed by atoms with Crippen molar-refractivity contribution in [2.75, 3.05) is 11.9 Å². The van der Waals surface area contributed by atoms with Gasteiger partial charge in [0.15, 0.2) is 0 Å². The van der Waals surface area contributed by atoms with Gasteiger partial charge in [0.05, 0.1) is 6.54 Å². The molecule has 0 spiro atoms. The highest BCUT2D eigenvalue weighted by Gasteiger charge is 2.15. The lowest BCUT2D eigenvalue weighted by molar-refractivity contribution is -0.120. The van der Waals surface area contributed by atoms with Crippen LogP contribution in [0.25, 0.3) is 0 Å². The van der Waals surface area contributed by atoms with Gasteiger partial charge in [-0.15, -0.1) is 0 Å². The number of carbonyl (C=O) groups is 1. The van der Waals surface area contributed by atoms with Gasteiger partial charge in [-0.05, 0) is 34.1 Å². The van der Waals surface area contributed by atoms with E-state index in [1.54, 1.807) is 0 Å². The summed E-state index contributed by atoms with van der Waals surface area (Å²) >= 11 is 6.08. The third-order valence-electron chi connectivity index (χ3n) is 2.54. The molecule has 0 radical (unpaired) electrons. The van der Waals surface area contributed by atoms with Crippen LogP contribution < -0.4 is 10.6 Å². The molecule has 5 nitrogen and oxygen atoms in total. The van der Waals surface area contributed by atoms with E-state index in [1.807, 2.05) is 27.7 Å². The SMILES string of the molecule is CCCc1nc(Cl)c(C)c(NCC(=O)NC(C)(C)C)n1. The Bertz CT molecular complexity index is 483.